The summed E-state index contributed by atoms with van der Waals surface area (Å²) in [7, 11) is 0. The van der Waals surface area contributed by atoms with E-state index in [0.717, 1.165) is 35.8 Å². The molecule has 3 aliphatic heterocycles. The summed E-state index contributed by atoms with van der Waals surface area (Å²) in [5.41, 5.74) is 13.0. The van der Waals surface area contributed by atoms with Gasteiger partial charge in [-0.05, 0) is 153 Å². The Morgan fingerprint density at radius 1 is 0.561 bits per heavy atom. The quantitative estimate of drug-likeness (QED) is 0.0114. The van der Waals surface area contributed by atoms with E-state index in [1.54, 1.807) is 50.2 Å². The Kier molecular flexibility index (Phi) is 38.9. The SMILES string of the molecule is CC(=O)N[C@H](Cc1ccc2ccccc2c1)C(=O)N[C@H](Cc1ccc(Cl)cc1)C(=O)N[C@H](Cc1cccnc1)C(=O)N[C@@H](CO)C(=O)N[C@@H](Cc1ccc(O)cc1)C(=O)N[C@H](CCCCNC(=O)CCCCCNC(=O)CCCC[C@@H]1SC[C@H]2NC(=O)N[C@H]12)C(=O)N[C@@H](CC(C)C)C(=O)N[C@@H](CCCNC(=N)N)C(=O)N1CCC[C@H]1C(=O)NC(C)C(N)=O. The molecule has 666 valence electrons. The van der Waals surface area contributed by atoms with E-state index in [-0.39, 0.29) is 144 Å². The van der Waals surface area contributed by atoms with E-state index in [4.69, 9.17) is 28.5 Å². The number of urea groups is 1. The maximum Gasteiger partial charge on any atom is 0.315 e. The highest BCUT2D eigenvalue weighted by Crippen LogP contribution is 2.33. The molecule has 3 saturated heterocycles. The minimum atomic E-state index is -1.87. The van der Waals surface area contributed by atoms with Crippen molar-refractivity contribution in [2.24, 2.45) is 17.4 Å². The van der Waals surface area contributed by atoms with Crippen molar-refractivity contribution >= 4 is 123 Å². The van der Waals surface area contributed by atoms with Gasteiger partial charge >= 0.3 is 6.03 Å². The molecule has 0 aliphatic carbocycles. The van der Waals surface area contributed by atoms with E-state index in [9.17, 15) is 67.7 Å². The molecule has 15 amide bonds. The lowest BCUT2D eigenvalue weighted by Crippen LogP contribution is -2.61. The second kappa shape index (κ2) is 49.4. The predicted molar refractivity (Wildman–Crippen MR) is 463 cm³/mol. The summed E-state index contributed by atoms with van der Waals surface area (Å²) in [5, 5.41) is 70.3. The number of pyridine rings is 1. The molecule has 3 fully saturated rings. The number of carbonyl (C=O) groups excluding carboxylic acids is 14. The van der Waals surface area contributed by atoms with Crippen LogP contribution in [-0.4, -0.2) is 225 Å². The lowest BCUT2D eigenvalue weighted by molar-refractivity contribution is -0.142. The summed E-state index contributed by atoms with van der Waals surface area (Å²) in [6.45, 7) is 5.91. The van der Waals surface area contributed by atoms with Crippen LogP contribution < -0.4 is 85.9 Å². The van der Waals surface area contributed by atoms with Crippen molar-refractivity contribution in [3.8, 4) is 5.75 Å². The average Bonchev–Trinajstić information content (AvgIpc) is 1.71. The van der Waals surface area contributed by atoms with Gasteiger partial charge in [0.05, 0.1) is 18.7 Å². The van der Waals surface area contributed by atoms with Gasteiger partial charge < -0.3 is 101 Å². The summed E-state index contributed by atoms with van der Waals surface area (Å²) in [4.78, 5) is 200. The fraction of sp³-hybridized carbons (Fsp3) is 0.512. The number of nitrogens with two attached hydrogens (primary N) is 2. The molecule has 123 heavy (non-hydrogen) atoms. The van der Waals surface area contributed by atoms with Crippen LogP contribution in [0.1, 0.15) is 153 Å². The van der Waals surface area contributed by atoms with Crippen LogP contribution in [0.5, 0.6) is 5.75 Å². The second-order valence-corrected chi connectivity index (χ2v) is 33.5. The van der Waals surface area contributed by atoms with E-state index in [0.29, 0.717) is 71.2 Å². The molecule has 13 atom stereocenters. The third-order valence-corrected chi connectivity index (χ3v) is 23.2. The zero-order chi connectivity index (χ0) is 89.1. The van der Waals surface area contributed by atoms with Crippen LogP contribution in [0, 0.1) is 11.3 Å². The first-order chi connectivity index (χ1) is 58.9. The lowest BCUT2D eigenvalue weighted by atomic mass is 9.99. The molecule has 0 radical (unpaired) electrons. The number of guanidine groups is 1. The number of amides is 15. The molecular weight excluding hydrogens is 1620 g/mol. The first kappa shape index (κ1) is 96.8. The fourth-order valence-corrected chi connectivity index (χ4v) is 16.5. The van der Waals surface area contributed by atoms with Gasteiger partial charge in [0.15, 0.2) is 5.96 Å². The number of phenolic OH excluding ortho intramolecular Hbond substituents is 1. The molecule has 1 unspecified atom stereocenters. The highest BCUT2D eigenvalue weighted by atomic mass is 35.5. The van der Waals surface area contributed by atoms with Gasteiger partial charge in [0.25, 0.3) is 0 Å². The van der Waals surface area contributed by atoms with Crippen molar-refractivity contribution in [3.05, 3.63) is 143 Å². The largest absolute Gasteiger partial charge is 0.508 e. The number of thioether (sulfide) groups is 1. The maximum absolute atomic E-state index is 15.2. The molecule has 35 nitrogen and oxygen atoms in total. The Labute approximate surface area is 724 Å². The van der Waals surface area contributed by atoms with Crippen molar-refractivity contribution in [2.45, 2.75) is 234 Å². The molecule has 4 heterocycles. The molecule has 3 aliphatic rings. The Morgan fingerprint density at radius 2 is 1.08 bits per heavy atom. The summed E-state index contributed by atoms with van der Waals surface area (Å²) in [5.74, 6) is -9.35. The molecule has 8 rings (SSSR count). The van der Waals surface area contributed by atoms with Crippen molar-refractivity contribution in [1.82, 2.24) is 84.3 Å². The van der Waals surface area contributed by atoms with Crippen LogP contribution in [0.4, 0.5) is 4.79 Å². The van der Waals surface area contributed by atoms with Crippen molar-refractivity contribution < 1.29 is 77.3 Å². The molecule has 21 N–H and O–H groups in total. The maximum atomic E-state index is 15.2. The minimum absolute atomic E-state index is 0.0184. The number of primary amides is 1. The second-order valence-electron chi connectivity index (χ2n) is 31.8. The number of aromatic hydroxyl groups is 1. The van der Waals surface area contributed by atoms with Gasteiger partial charge in [0, 0.05) is 100 Å². The molecule has 4 aromatic carbocycles. The van der Waals surface area contributed by atoms with Gasteiger partial charge in [-0.2, -0.15) is 11.8 Å². The number of phenols is 1. The van der Waals surface area contributed by atoms with Crippen molar-refractivity contribution in [2.75, 3.05) is 38.5 Å². The highest BCUT2D eigenvalue weighted by molar-refractivity contribution is 8.00. The van der Waals surface area contributed by atoms with E-state index in [1.165, 1.54) is 55.4 Å². The molecule has 37 heteroatoms. The first-order valence-corrected chi connectivity index (χ1v) is 43.4. The monoisotopic (exact) mass is 1740 g/mol. The van der Waals surface area contributed by atoms with Crippen LogP contribution in [0.25, 0.3) is 10.8 Å². The summed E-state index contributed by atoms with van der Waals surface area (Å²) < 4.78 is 0. The minimum Gasteiger partial charge on any atom is -0.508 e. The van der Waals surface area contributed by atoms with E-state index >= 15 is 9.59 Å². The number of unbranched alkanes of at least 4 members (excludes halogenated alkanes) is 4. The molecule has 5 aromatic rings. The molecule has 1 aromatic heterocycles. The van der Waals surface area contributed by atoms with Crippen LogP contribution >= 0.6 is 23.4 Å². The summed E-state index contributed by atoms with van der Waals surface area (Å²) in [6, 6.07) is 14.5. The summed E-state index contributed by atoms with van der Waals surface area (Å²) >= 11 is 8.10. The third kappa shape index (κ3) is 32.3. The number of fused-ring (bicyclic) bond motifs is 2. The van der Waals surface area contributed by atoms with Crippen LogP contribution in [0.2, 0.25) is 5.02 Å². The number of aliphatic hydroxyl groups excluding tert-OH is 1. The van der Waals surface area contributed by atoms with E-state index in [1.807, 2.05) is 54.2 Å². The topological polar surface area (TPSA) is 540 Å². The zero-order valence-electron chi connectivity index (χ0n) is 69.9. The van der Waals surface area contributed by atoms with Crippen molar-refractivity contribution in [1.29, 1.82) is 5.41 Å². The number of halogens is 1. The molecule has 0 saturated carbocycles. The normalized spacial score (nSPS) is 17.4. The number of aliphatic hydroxyl groups is 1. The van der Waals surface area contributed by atoms with E-state index < -0.39 is 132 Å². The summed E-state index contributed by atoms with van der Waals surface area (Å²) in [6.07, 6.45) is 8.04. The third-order valence-electron chi connectivity index (χ3n) is 21.5. The lowest BCUT2D eigenvalue weighted by Gasteiger charge is -2.31. The molecular formula is C86H118ClN19O16S. The van der Waals surface area contributed by atoms with Crippen LogP contribution in [-0.2, 0) is 88.0 Å². The Bertz CT molecular complexity index is 4460. The Balaban J connectivity index is 0.984. The number of carbonyl (C=O) groups is 14. The van der Waals surface area contributed by atoms with Gasteiger partial charge in [-0.3, -0.25) is 72.7 Å². The number of hydrogen-bond donors (Lipinski definition) is 19. The highest BCUT2D eigenvalue weighted by Gasteiger charge is 2.44. The number of benzene rings is 4. The van der Waals surface area contributed by atoms with Gasteiger partial charge in [0.2, 0.25) is 76.8 Å². The van der Waals surface area contributed by atoms with Gasteiger partial charge in [-0.25, -0.2) is 4.79 Å². The number of rotatable bonds is 50. The first-order valence-electron chi connectivity index (χ1n) is 42.0. The number of nitrogens with zero attached hydrogens (tertiary/aromatic N) is 2. The number of hydrogen-bond acceptors (Lipinski definition) is 19. The fourth-order valence-electron chi connectivity index (χ4n) is 14.9. The van der Waals surface area contributed by atoms with Gasteiger partial charge in [-0.1, -0.05) is 111 Å². The Hall–Kier alpha value is -11.7. The number of nitrogens with one attached hydrogen (secondary N) is 15. The smallest absolute Gasteiger partial charge is 0.315 e. The van der Waals surface area contributed by atoms with Crippen LogP contribution in [0.15, 0.2) is 116 Å². The molecule has 0 spiro atoms. The Morgan fingerprint density at radius 3 is 1.68 bits per heavy atom. The van der Waals surface area contributed by atoms with Gasteiger partial charge in [0.1, 0.15) is 66.2 Å². The predicted octanol–water partition coefficient (Wildman–Crippen LogP) is 1.73. The standard InChI is InChI=1S/C86H118ClN19O16S/c1-50(2)41-63(77(114)98-62(21-15-39-94-85(89)90)84(121)106-40-16-22-70(106)83(120)95-51(3)75(88)112)99-76(113)61(20-11-13-38-93-72(110)24-6-5-12-37-92-73(111)25-10-9-23-71-74-69(49-123-71)104-86(122)105-74)97-79(116)65(44-54-29-34-60(109)35-30-54)102-82(119)68(48-107)103-81(118)67(46-56-17-14-36-91-47-56)101-80(117)66(43-53-27-32-59(87)33-28-53)100-78(115)64(96-52(4)108)45-55-26-31-57-18-7-8-19-58(57)42-55/h7-8,14,17-19,26-36,42,47,50-51,61-71,74,107,109H,5-6,9-13,15-16,20-25,37-41,43-46,48-49H2,1-4H3,(H2,88,112)(H,92,111)(H,93,110)(H,95,120)(H,96,108)(H,97,116)(H,98,114)(H,99,113)(H,100,115)(H,101,117)(H,102,119)(H,103,118)(H4,89,90,94)(H2,104,105,122)/t51?,61-,62+,63+,64-,65+,66-,67-,68+,69-,70+,71+,74+/m1/s1. The number of aromatic nitrogens is 1. The molecule has 0 bridgehead atoms. The number of likely N-dealkylation sites (tertiary alicyclic amines) is 1. The zero-order valence-corrected chi connectivity index (χ0v) is 71.5. The van der Waals surface area contributed by atoms with Crippen LogP contribution in [0.3, 0.4) is 0 Å². The van der Waals surface area contributed by atoms with E-state index in [2.05, 4.69) is 79.4 Å². The van der Waals surface area contributed by atoms with Gasteiger partial charge in [-0.15, -0.1) is 0 Å². The van der Waals surface area contributed by atoms with Crippen molar-refractivity contribution in [3.63, 3.8) is 0 Å². The average molecular weight is 1740 g/mol.